The van der Waals surface area contributed by atoms with Crippen LogP contribution in [0.5, 0.6) is 0 Å². The van der Waals surface area contributed by atoms with Crippen molar-refractivity contribution in [1.82, 2.24) is 9.80 Å². The van der Waals surface area contributed by atoms with Crippen LogP contribution in [0, 0.1) is 0 Å². The van der Waals surface area contributed by atoms with Crippen LogP contribution in [0.4, 0.5) is 0 Å². The molecule has 1 fully saturated rings. The van der Waals surface area contributed by atoms with Gasteiger partial charge in [0.2, 0.25) is 0 Å². The van der Waals surface area contributed by atoms with E-state index >= 15 is 0 Å². The van der Waals surface area contributed by atoms with Crippen molar-refractivity contribution >= 4 is 19.2 Å². The molecule has 1 amide bonds. The largest absolute Gasteiger partial charge is 0.412 e. The second-order valence-corrected chi connectivity index (χ2v) is 4.22. The van der Waals surface area contributed by atoms with E-state index in [0.29, 0.717) is 11.0 Å². The molecule has 1 aromatic rings. The maximum Gasteiger partial charge on any atom is 0.253 e. The average molecular weight is 250 g/mol. The fourth-order valence-corrected chi connectivity index (χ4v) is 1.86. The standard InChI is InChI=1S/C12H15BN2O.2H2O/c1-14-5-7-15(8-6-14)12(16)10-3-2-4-11(13)9-10;;/h2-4,9H,5-8H2,1H3;2*1H2. The Morgan fingerprint density at radius 3 is 2.33 bits per heavy atom. The summed E-state index contributed by atoms with van der Waals surface area (Å²) in [6.45, 7) is 3.47. The van der Waals surface area contributed by atoms with Gasteiger partial charge in [-0.3, -0.25) is 4.79 Å². The van der Waals surface area contributed by atoms with E-state index in [0.717, 1.165) is 26.2 Å². The maximum absolute atomic E-state index is 12.1. The van der Waals surface area contributed by atoms with Gasteiger partial charge < -0.3 is 20.8 Å². The minimum absolute atomic E-state index is 0. The van der Waals surface area contributed by atoms with Crippen LogP contribution in [-0.4, -0.2) is 67.7 Å². The summed E-state index contributed by atoms with van der Waals surface area (Å²) in [5, 5.41) is 0. The molecule has 1 aliphatic rings. The van der Waals surface area contributed by atoms with Crippen molar-refractivity contribution in [1.29, 1.82) is 0 Å². The minimum Gasteiger partial charge on any atom is -0.412 e. The number of likely N-dealkylation sites (N-methyl/N-ethyl adjacent to an activating group) is 1. The van der Waals surface area contributed by atoms with Gasteiger partial charge in [0.05, 0.1) is 0 Å². The number of hydrogen-bond acceptors (Lipinski definition) is 2. The topological polar surface area (TPSA) is 86.5 Å². The highest BCUT2D eigenvalue weighted by atomic mass is 16.2. The number of amides is 1. The number of carbonyl (C=O) groups is 1. The summed E-state index contributed by atoms with van der Waals surface area (Å²) in [4.78, 5) is 16.2. The van der Waals surface area contributed by atoms with E-state index in [2.05, 4.69) is 11.9 Å². The van der Waals surface area contributed by atoms with Crippen molar-refractivity contribution in [2.45, 2.75) is 0 Å². The molecule has 2 radical (unpaired) electrons. The van der Waals surface area contributed by atoms with E-state index < -0.39 is 0 Å². The molecule has 98 valence electrons. The first kappa shape index (κ1) is 16.6. The van der Waals surface area contributed by atoms with Crippen LogP contribution in [-0.2, 0) is 0 Å². The van der Waals surface area contributed by atoms with Gasteiger partial charge in [0, 0.05) is 31.7 Å². The first-order chi connectivity index (χ1) is 7.66. The van der Waals surface area contributed by atoms with Crippen LogP contribution < -0.4 is 5.46 Å². The lowest BCUT2D eigenvalue weighted by molar-refractivity contribution is 0.0664. The third-order valence-electron chi connectivity index (χ3n) is 2.92. The molecule has 0 unspecified atom stereocenters. The molecule has 0 aromatic heterocycles. The molecule has 0 aliphatic carbocycles. The van der Waals surface area contributed by atoms with Gasteiger partial charge in [-0.1, -0.05) is 23.7 Å². The third kappa shape index (κ3) is 3.84. The smallest absolute Gasteiger partial charge is 0.253 e. The molecule has 0 saturated carbocycles. The van der Waals surface area contributed by atoms with Gasteiger partial charge >= 0.3 is 0 Å². The minimum atomic E-state index is 0. The van der Waals surface area contributed by atoms with Crippen LogP contribution in [0.1, 0.15) is 10.4 Å². The van der Waals surface area contributed by atoms with E-state index in [1.807, 2.05) is 17.0 Å². The van der Waals surface area contributed by atoms with Crippen molar-refractivity contribution in [3.8, 4) is 0 Å². The molecule has 5 nitrogen and oxygen atoms in total. The van der Waals surface area contributed by atoms with Crippen molar-refractivity contribution in [2.75, 3.05) is 33.2 Å². The van der Waals surface area contributed by atoms with Gasteiger partial charge in [-0.25, -0.2) is 0 Å². The van der Waals surface area contributed by atoms with Crippen LogP contribution in [0.3, 0.4) is 0 Å². The molecule has 4 N–H and O–H groups in total. The van der Waals surface area contributed by atoms with Gasteiger partial charge in [-0.05, 0) is 13.1 Å². The van der Waals surface area contributed by atoms with Gasteiger partial charge in [0.15, 0.2) is 0 Å². The number of benzene rings is 1. The van der Waals surface area contributed by atoms with E-state index in [-0.39, 0.29) is 16.9 Å². The third-order valence-corrected chi connectivity index (χ3v) is 2.92. The quantitative estimate of drug-likeness (QED) is 0.551. The summed E-state index contributed by atoms with van der Waals surface area (Å²) in [5.74, 6) is 0.0837. The Kier molecular flexibility index (Phi) is 6.61. The van der Waals surface area contributed by atoms with Crippen molar-refractivity contribution in [2.24, 2.45) is 0 Å². The highest BCUT2D eigenvalue weighted by Crippen LogP contribution is 2.06. The summed E-state index contributed by atoms with van der Waals surface area (Å²) in [6.07, 6.45) is 0. The van der Waals surface area contributed by atoms with Crippen LogP contribution in [0.15, 0.2) is 24.3 Å². The average Bonchev–Trinajstić information content (AvgIpc) is 2.29. The van der Waals surface area contributed by atoms with Crippen LogP contribution >= 0.6 is 0 Å². The van der Waals surface area contributed by atoms with E-state index in [4.69, 9.17) is 7.85 Å². The first-order valence-corrected chi connectivity index (χ1v) is 5.50. The molecule has 1 saturated heterocycles. The zero-order valence-corrected chi connectivity index (χ0v) is 10.5. The summed E-state index contributed by atoms with van der Waals surface area (Å²) < 4.78 is 0. The lowest BCUT2D eigenvalue weighted by Gasteiger charge is -2.32. The normalized spacial score (nSPS) is 15.5. The fourth-order valence-electron chi connectivity index (χ4n) is 1.86. The second kappa shape index (κ2) is 7.15. The predicted molar refractivity (Wildman–Crippen MR) is 72.5 cm³/mol. The van der Waals surface area contributed by atoms with Crippen LogP contribution in [0.25, 0.3) is 0 Å². The van der Waals surface area contributed by atoms with Crippen molar-refractivity contribution < 1.29 is 15.7 Å². The van der Waals surface area contributed by atoms with Crippen LogP contribution in [0.2, 0.25) is 0 Å². The Morgan fingerprint density at radius 2 is 1.78 bits per heavy atom. The molecule has 6 heteroatoms. The van der Waals surface area contributed by atoms with Gasteiger partial charge in [0.1, 0.15) is 7.85 Å². The molecule has 0 bridgehead atoms. The van der Waals surface area contributed by atoms with Crippen molar-refractivity contribution in [3.05, 3.63) is 29.8 Å². The number of nitrogens with zero attached hydrogens (tertiary/aromatic N) is 2. The first-order valence-electron chi connectivity index (χ1n) is 5.50. The number of rotatable bonds is 1. The van der Waals surface area contributed by atoms with E-state index in [1.165, 1.54) is 0 Å². The van der Waals surface area contributed by atoms with Gasteiger partial charge in [-0.2, -0.15) is 0 Å². The second-order valence-electron chi connectivity index (χ2n) is 4.22. The lowest BCUT2D eigenvalue weighted by Crippen LogP contribution is -2.47. The molecular formula is C12H19BN2O3. The van der Waals surface area contributed by atoms with Gasteiger partial charge in [0.25, 0.3) is 5.91 Å². The highest BCUT2D eigenvalue weighted by Gasteiger charge is 2.19. The number of hydrogen-bond donors (Lipinski definition) is 0. The molecule has 0 spiro atoms. The SMILES string of the molecule is O.O.[B]c1cccc(C(=O)N2CCN(C)CC2)c1. The van der Waals surface area contributed by atoms with Gasteiger partial charge in [-0.15, -0.1) is 0 Å². The summed E-state index contributed by atoms with van der Waals surface area (Å²) >= 11 is 0. The van der Waals surface area contributed by atoms with E-state index in [9.17, 15) is 4.79 Å². The molecular weight excluding hydrogens is 231 g/mol. The molecule has 2 rings (SSSR count). The highest BCUT2D eigenvalue weighted by molar-refractivity contribution is 6.32. The Balaban J connectivity index is 0.00000144. The summed E-state index contributed by atoms with van der Waals surface area (Å²) in [5.41, 5.74) is 1.32. The molecule has 1 aliphatic heterocycles. The molecule has 1 aromatic carbocycles. The molecule has 1 heterocycles. The van der Waals surface area contributed by atoms with Crippen molar-refractivity contribution in [3.63, 3.8) is 0 Å². The summed E-state index contributed by atoms with van der Waals surface area (Å²) in [6, 6.07) is 7.16. The molecule has 0 atom stereocenters. The fraction of sp³-hybridized carbons (Fsp3) is 0.417. The maximum atomic E-state index is 12.1. The zero-order chi connectivity index (χ0) is 11.5. The Labute approximate surface area is 108 Å². The number of piperazine rings is 1. The predicted octanol–water partition coefficient (Wildman–Crippen LogP) is -1.78. The van der Waals surface area contributed by atoms with E-state index in [1.54, 1.807) is 12.1 Å². The Hall–Kier alpha value is -1.37. The molecule has 18 heavy (non-hydrogen) atoms. The lowest BCUT2D eigenvalue weighted by atomic mass is 9.94. The summed E-state index contributed by atoms with van der Waals surface area (Å²) in [7, 11) is 7.74. The Bertz CT molecular complexity index is 393. The monoisotopic (exact) mass is 250 g/mol. The Morgan fingerprint density at radius 1 is 1.17 bits per heavy atom. The number of carbonyl (C=O) groups excluding carboxylic acids is 1. The zero-order valence-electron chi connectivity index (χ0n) is 10.5.